The number of aromatic nitrogens is 4. The highest BCUT2D eigenvalue weighted by molar-refractivity contribution is 5.79. The number of imidazole rings is 1. The van der Waals surface area contributed by atoms with Crippen LogP contribution in [0.5, 0.6) is 0 Å². The molecule has 0 N–H and O–H groups in total. The average Bonchev–Trinajstić information content (AvgIpc) is 2.89. The molecule has 2 atom stereocenters. The summed E-state index contributed by atoms with van der Waals surface area (Å²) >= 11 is 0. The van der Waals surface area contributed by atoms with E-state index in [2.05, 4.69) is 24.8 Å². The van der Waals surface area contributed by atoms with Crippen molar-refractivity contribution in [2.45, 2.75) is 25.3 Å². The van der Waals surface area contributed by atoms with Gasteiger partial charge in [-0.3, -0.25) is 9.78 Å². The van der Waals surface area contributed by atoms with Crippen LogP contribution in [0, 0.1) is 5.92 Å². The highest BCUT2D eigenvalue weighted by Crippen LogP contribution is 2.30. The quantitative estimate of drug-likeness (QED) is 0.711. The second-order valence-corrected chi connectivity index (χ2v) is 7.47. The minimum absolute atomic E-state index is 0.191. The molecule has 3 aromatic heterocycles. The number of rotatable bonds is 3. The minimum Gasteiger partial charge on any atom is -0.353 e. The summed E-state index contributed by atoms with van der Waals surface area (Å²) in [6.07, 6.45) is 11.6. The van der Waals surface area contributed by atoms with Crippen molar-refractivity contribution in [3.63, 3.8) is 0 Å². The van der Waals surface area contributed by atoms with E-state index >= 15 is 0 Å². The molecule has 2 bridgehead atoms. The van der Waals surface area contributed by atoms with Gasteiger partial charge in [-0.25, -0.2) is 9.97 Å². The number of carbonyl (C=O) groups excluding carboxylic acids is 1. The molecular weight excluding hydrogens is 340 g/mol. The monoisotopic (exact) mass is 362 g/mol. The lowest BCUT2D eigenvalue weighted by atomic mass is 9.94. The van der Waals surface area contributed by atoms with Crippen LogP contribution < -0.4 is 4.90 Å². The summed E-state index contributed by atoms with van der Waals surface area (Å²) in [5.41, 5.74) is 1.83. The van der Waals surface area contributed by atoms with E-state index in [9.17, 15) is 4.79 Å². The molecule has 7 heteroatoms. The predicted molar refractivity (Wildman–Crippen MR) is 101 cm³/mol. The van der Waals surface area contributed by atoms with Gasteiger partial charge < -0.3 is 14.2 Å². The molecule has 0 spiro atoms. The zero-order chi connectivity index (χ0) is 18.2. The number of nitrogens with zero attached hydrogens (tertiary/aromatic N) is 6. The molecular formula is C20H22N6O. The molecule has 0 saturated carbocycles. The first-order chi connectivity index (χ1) is 13.3. The van der Waals surface area contributed by atoms with Crippen molar-refractivity contribution in [1.29, 1.82) is 0 Å². The molecule has 138 valence electrons. The van der Waals surface area contributed by atoms with Crippen LogP contribution in [-0.4, -0.2) is 55.8 Å². The van der Waals surface area contributed by atoms with Gasteiger partial charge in [0.05, 0.1) is 18.3 Å². The van der Waals surface area contributed by atoms with E-state index in [0.29, 0.717) is 12.3 Å². The molecule has 6 heterocycles. The number of fused-ring (bicyclic) bond motifs is 5. The highest BCUT2D eigenvalue weighted by atomic mass is 16.2. The average molecular weight is 362 g/mol. The van der Waals surface area contributed by atoms with Crippen LogP contribution in [0.25, 0.3) is 5.65 Å². The summed E-state index contributed by atoms with van der Waals surface area (Å²) in [4.78, 5) is 30.6. The molecule has 27 heavy (non-hydrogen) atoms. The van der Waals surface area contributed by atoms with Gasteiger partial charge >= 0.3 is 0 Å². The lowest BCUT2D eigenvalue weighted by Gasteiger charge is -2.36. The van der Waals surface area contributed by atoms with E-state index < -0.39 is 0 Å². The zero-order valence-electron chi connectivity index (χ0n) is 15.1. The van der Waals surface area contributed by atoms with E-state index in [1.165, 1.54) is 6.42 Å². The Bertz CT molecular complexity index is 955. The molecule has 0 aliphatic carbocycles. The standard InChI is InChI=1S/C20H22N6O/c27-20(9-17-10-23-18-3-1-2-8-25(17)18)26-13-15-4-5-16(26)14-24(12-15)19-11-21-6-7-22-19/h1-3,6-8,10-11,15-16H,4-5,9,12-14H2/t15-,16+/m0/s1. The fraction of sp³-hybridized carbons (Fsp3) is 0.400. The molecule has 1 amide bonds. The van der Waals surface area contributed by atoms with Gasteiger partial charge in [0, 0.05) is 50.5 Å². The van der Waals surface area contributed by atoms with Gasteiger partial charge in [-0.15, -0.1) is 0 Å². The summed E-state index contributed by atoms with van der Waals surface area (Å²) < 4.78 is 2.00. The number of hydrogen-bond acceptors (Lipinski definition) is 5. The Labute approximate surface area is 157 Å². The third-order valence-corrected chi connectivity index (χ3v) is 5.73. The second-order valence-electron chi connectivity index (χ2n) is 7.47. The molecule has 7 nitrogen and oxygen atoms in total. The predicted octanol–water partition coefficient (Wildman–Crippen LogP) is 1.79. The summed E-state index contributed by atoms with van der Waals surface area (Å²) in [6, 6.07) is 6.12. The third kappa shape index (κ3) is 3.03. The minimum atomic E-state index is 0.191. The Hall–Kier alpha value is -2.96. The summed E-state index contributed by atoms with van der Waals surface area (Å²) in [6.45, 7) is 2.60. The van der Waals surface area contributed by atoms with Crippen LogP contribution in [0.4, 0.5) is 5.82 Å². The second kappa shape index (κ2) is 6.64. The summed E-state index contributed by atoms with van der Waals surface area (Å²) in [7, 11) is 0. The molecule has 3 aromatic rings. The fourth-order valence-electron chi connectivity index (χ4n) is 4.40. The number of carbonyl (C=O) groups is 1. The van der Waals surface area contributed by atoms with Crippen LogP contribution in [-0.2, 0) is 11.2 Å². The van der Waals surface area contributed by atoms with Gasteiger partial charge in [0.2, 0.25) is 5.91 Å². The van der Waals surface area contributed by atoms with E-state index in [-0.39, 0.29) is 11.9 Å². The Kier molecular flexibility index (Phi) is 3.99. The summed E-state index contributed by atoms with van der Waals surface area (Å²) in [5, 5.41) is 0. The van der Waals surface area contributed by atoms with Crippen LogP contribution in [0.1, 0.15) is 18.5 Å². The van der Waals surface area contributed by atoms with Crippen molar-refractivity contribution < 1.29 is 4.79 Å². The van der Waals surface area contributed by atoms with Crippen molar-refractivity contribution in [3.8, 4) is 0 Å². The fourth-order valence-corrected chi connectivity index (χ4v) is 4.40. The molecule has 0 unspecified atom stereocenters. The molecule has 0 aromatic carbocycles. The maximum Gasteiger partial charge on any atom is 0.228 e. The Balaban J connectivity index is 1.35. The van der Waals surface area contributed by atoms with Gasteiger partial charge in [-0.1, -0.05) is 6.07 Å². The highest BCUT2D eigenvalue weighted by Gasteiger charge is 2.37. The molecule has 0 radical (unpaired) electrons. The smallest absolute Gasteiger partial charge is 0.228 e. The van der Waals surface area contributed by atoms with Crippen LogP contribution in [0.2, 0.25) is 0 Å². The first kappa shape index (κ1) is 16.2. The number of pyridine rings is 1. The van der Waals surface area contributed by atoms with Gasteiger partial charge in [-0.05, 0) is 30.9 Å². The van der Waals surface area contributed by atoms with Crippen LogP contribution >= 0.6 is 0 Å². The Morgan fingerprint density at radius 1 is 1.07 bits per heavy atom. The van der Waals surface area contributed by atoms with Crippen LogP contribution in [0.15, 0.2) is 49.2 Å². The summed E-state index contributed by atoms with van der Waals surface area (Å²) in [5.74, 6) is 1.58. The first-order valence-electron chi connectivity index (χ1n) is 9.49. The maximum absolute atomic E-state index is 13.1. The number of amides is 1. The topological polar surface area (TPSA) is 66.6 Å². The third-order valence-electron chi connectivity index (χ3n) is 5.73. The Morgan fingerprint density at radius 2 is 2.04 bits per heavy atom. The number of piperidine rings is 1. The van der Waals surface area contributed by atoms with E-state index in [1.54, 1.807) is 12.4 Å². The maximum atomic E-state index is 13.1. The van der Waals surface area contributed by atoms with Crippen LogP contribution in [0.3, 0.4) is 0 Å². The van der Waals surface area contributed by atoms with Crippen molar-refractivity contribution >= 4 is 17.4 Å². The number of anilines is 1. The van der Waals surface area contributed by atoms with Crippen molar-refractivity contribution in [3.05, 3.63) is 54.9 Å². The molecule has 3 fully saturated rings. The number of hydrogen-bond donors (Lipinski definition) is 0. The molecule has 6 rings (SSSR count). The van der Waals surface area contributed by atoms with Gasteiger partial charge in [0.15, 0.2) is 0 Å². The first-order valence-corrected chi connectivity index (χ1v) is 9.49. The lowest BCUT2D eigenvalue weighted by Crippen LogP contribution is -2.48. The van der Waals surface area contributed by atoms with Crippen molar-refractivity contribution in [1.82, 2.24) is 24.3 Å². The lowest BCUT2D eigenvalue weighted by molar-refractivity contribution is -0.134. The zero-order valence-corrected chi connectivity index (χ0v) is 15.1. The largest absolute Gasteiger partial charge is 0.353 e. The van der Waals surface area contributed by atoms with E-state index in [0.717, 1.165) is 43.2 Å². The molecule has 3 saturated heterocycles. The van der Waals surface area contributed by atoms with Crippen molar-refractivity contribution in [2.24, 2.45) is 5.92 Å². The SMILES string of the molecule is O=C(Cc1cnc2ccccn12)N1C[C@H]2CC[C@@H]1CN(c1cnccn1)C2. The normalized spacial score (nSPS) is 22.2. The van der Waals surface area contributed by atoms with E-state index in [1.807, 2.05) is 41.2 Å². The van der Waals surface area contributed by atoms with Gasteiger partial charge in [0.25, 0.3) is 0 Å². The Morgan fingerprint density at radius 3 is 2.93 bits per heavy atom. The molecule has 3 aliphatic rings. The molecule has 3 aliphatic heterocycles. The van der Waals surface area contributed by atoms with Gasteiger partial charge in [0.1, 0.15) is 11.5 Å². The van der Waals surface area contributed by atoms with E-state index in [4.69, 9.17) is 0 Å². The van der Waals surface area contributed by atoms with Crippen molar-refractivity contribution in [2.75, 3.05) is 24.5 Å². The van der Waals surface area contributed by atoms with Gasteiger partial charge in [-0.2, -0.15) is 0 Å².